The van der Waals surface area contributed by atoms with E-state index in [9.17, 15) is 18.0 Å². The summed E-state index contributed by atoms with van der Waals surface area (Å²) in [5.74, 6) is 0. The minimum atomic E-state index is -4.60. The van der Waals surface area contributed by atoms with Crippen LogP contribution in [0, 0.1) is 0 Å². The number of pyridine rings is 1. The first-order valence-corrected chi connectivity index (χ1v) is 9.87. The second kappa shape index (κ2) is 8.11. The first kappa shape index (κ1) is 22.4. The Kier molecular flexibility index (Phi) is 6.06. The molecule has 10 heteroatoms. The van der Waals surface area contributed by atoms with Crippen molar-refractivity contribution in [2.24, 2.45) is 5.73 Å². The molecule has 6 nitrogen and oxygen atoms in total. The Balaban J connectivity index is 1.90. The average molecular weight is 445 g/mol. The number of benzene rings is 1. The van der Waals surface area contributed by atoms with Crippen LogP contribution in [0.3, 0.4) is 0 Å². The van der Waals surface area contributed by atoms with Crippen molar-refractivity contribution in [1.29, 1.82) is 0 Å². The third kappa shape index (κ3) is 5.46. The van der Waals surface area contributed by atoms with E-state index in [4.69, 9.17) is 22.1 Å². The van der Waals surface area contributed by atoms with Crippen LogP contribution in [0.25, 0.3) is 10.9 Å². The van der Waals surface area contributed by atoms with Gasteiger partial charge >= 0.3 is 12.3 Å². The fourth-order valence-corrected chi connectivity index (χ4v) is 3.57. The van der Waals surface area contributed by atoms with E-state index in [1.54, 1.807) is 26.8 Å². The molecule has 3 rings (SSSR count). The van der Waals surface area contributed by atoms with Crippen molar-refractivity contribution in [2.75, 3.05) is 18.4 Å². The van der Waals surface area contributed by atoms with Crippen LogP contribution in [0.1, 0.15) is 32.9 Å². The molecule has 1 aliphatic heterocycles. The topological polar surface area (TPSA) is 80.5 Å². The minimum Gasteiger partial charge on any atom is -0.444 e. The Morgan fingerprint density at radius 3 is 2.60 bits per heavy atom. The van der Waals surface area contributed by atoms with Crippen molar-refractivity contribution in [3.8, 4) is 0 Å². The fourth-order valence-electron chi connectivity index (χ4n) is 3.40. The van der Waals surface area contributed by atoms with Crippen LogP contribution >= 0.6 is 11.6 Å². The Hall–Kier alpha value is -2.26. The summed E-state index contributed by atoms with van der Waals surface area (Å²) in [6.45, 7) is 5.83. The van der Waals surface area contributed by atoms with Gasteiger partial charge in [0.2, 0.25) is 0 Å². The molecule has 0 aliphatic carbocycles. The third-order valence-electron chi connectivity index (χ3n) is 4.56. The lowest BCUT2D eigenvalue weighted by molar-refractivity contribution is -0.140. The molecule has 1 amide bonds. The molecule has 1 aromatic carbocycles. The molecule has 2 atom stereocenters. The van der Waals surface area contributed by atoms with E-state index < -0.39 is 23.6 Å². The maximum Gasteiger partial charge on any atom is 0.433 e. The summed E-state index contributed by atoms with van der Waals surface area (Å²) in [7, 11) is 0. The van der Waals surface area contributed by atoms with E-state index in [2.05, 4.69) is 10.3 Å². The number of fused-ring (bicyclic) bond motifs is 1. The smallest absolute Gasteiger partial charge is 0.433 e. The van der Waals surface area contributed by atoms with Gasteiger partial charge < -0.3 is 20.7 Å². The second-order valence-corrected chi connectivity index (χ2v) is 8.87. The van der Waals surface area contributed by atoms with Crippen molar-refractivity contribution >= 4 is 34.3 Å². The van der Waals surface area contributed by atoms with Gasteiger partial charge in [-0.05, 0) is 51.5 Å². The molecule has 2 aromatic rings. The quantitative estimate of drug-likeness (QED) is 0.704. The Morgan fingerprint density at radius 2 is 1.97 bits per heavy atom. The van der Waals surface area contributed by atoms with Crippen molar-refractivity contribution < 1.29 is 22.7 Å². The van der Waals surface area contributed by atoms with Gasteiger partial charge in [0.25, 0.3) is 0 Å². The largest absolute Gasteiger partial charge is 0.444 e. The number of carbonyl (C=O) groups excluding carboxylic acids is 1. The molecule has 1 fully saturated rings. The van der Waals surface area contributed by atoms with E-state index in [0.717, 1.165) is 6.07 Å². The normalized spacial score (nSPS) is 20.3. The second-order valence-electron chi connectivity index (χ2n) is 8.44. The number of halogens is 4. The Labute approximate surface area is 177 Å². The number of carbonyl (C=O) groups is 1. The molecule has 1 saturated heterocycles. The van der Waals surface area contributed by atoms with E-state index >= 15 is 0 Å². The lowest BCUT2D eigenvalue weighted by Gasteiger charge is -2.37. The number of amides is 1. The van der Waals surface area contributed by atoms with Gasteiger partial charge in [0.05, 0.1) is 5.52 Å². The summed E-state index contributed by atoms with van der Waals surface area (Å²) >= 11 is 6.05. The molecule has 1 aliphatic rings. The molecule has 30 heavy (non-hydrogen) atoms. The van der Waals surface area contributed by atoms with Crippen LogP contribution in [0.15, 0.2) is 24.3 Å². The van der Waals surface area contributed by atoms with Crippen molar-refractivity contribution in [3.63, 3.8) is 0 Å². The zero-order valence-electron chi connectivity index (χ0n) is 16.9. The van der Waals surface area contributed by atoms with E-state index in [1.807, 2.05) is 0 Å². The molecular formula is C20H24ClF3N4O2. The molecule has 0 spiro atoms. The average Bonchev–Trinajstić information content (AvgIpc) is 2.59. The molecular weight excluding hydrogens is 421 g/mol. The SMILES string of the molecule is CC(C)(C)OC(=O)N1C[C@@H](N)C[C@@H](Nc2cc(C(F)(F)F)nc3ccc(Cl)cc23)C1. The summed E-state index contributed by atoms with van der Waals surface area (Å²) in [5.41, 5.74) is 4.83. The monoisotopic (exact) mass is 444 g/mol. The number of ether oxygens (including phenoxy) is 1. The highest BCUT2D eigenvalue weighted by Gasteiger charge is 2.35. The van der Waals surface area contributed by atoms with Gasteiger partial charge in [-0.15, -0.1) is 0 Å². The fraction of sp³-hybridized carbons (Fsp3) is 0.500. The van der Waals surface area contributed by atoms with Gasteiger partial charge in [-0.2, -0.15) is 13.2 Å². The molecule has 1 aromatic heterocycles. The van der Waals surface area contributed by atoms with Gasteiger partial charge in [0.15, 0.2) is 0 Å². The van der Waals surface area contributed by atoms with Gasteiger partial charge in [0, 0.05) is 41.3 Å². The standard InChI is InChI=1S/C20H24ClF3N4O2/c1-19(2,3)30-18(29)28-9-12(25)7-13(10-28)26-16-8-17(20(22,23)24)27-15-5-4-11(21)6-14(15)16/h4-6,8,12-13H,7,9-10,25H2,1-3H3,(H,26,27)/t12-,13+/m0/s1. The Bertz CT molecular complexity index is 946. The first-order valence-electron chi connectivity index (χ1n) is 9.49. The molecule has 0 bridgehead atoms. The minimum absolute atomic E-state index is 0.167. The number of nitrogens with one attached hydrogen (secondary N) is 1. The lowest BCUT2D eigenvalue weighted by Crippen LogP contribution is -2.54. The first-order chi connectivity index (χ1) is 13.8. The number of alkyl halides is 3. The van der Waals surface area contributed by atoms with Crippen LogP contribution < -0.4 is 11.1 Å². The van der Waals surface area contributed by atoms with Crippen LogP contribution in [0.4, 0.5) is 23.7 Å². The van der Waals surface area contributed by atoms with Crippen LogP contribution in [0.5, 0.6) is 0 Å². The highest BCUT2D eigenvalue weighted by atomic mass is 35.5. The number of rotatable bonds is 2. The van der Waals surface area contributed by atoms with Crippen LogP contribution in [-0.2, 0) is 10.9 Å². The predicted molar refractivity (Wildman–Crippen MR) is 110 cm³/mol. The molecule has 0 unspecified atom stereocenters. The van der Waals surface area contributed by atoms with Crippen molar-refractivity contribution in [2.45, 2.75) is 51.1 Å². The van der Waals surface area contributed by atoms with E-state index in [-0.39, 0.29) is 29.8 Å². The highest BCUT2D eigenvalue weighted by Crippen LogP contribution is 2.34. The lowest BCUT2D eigenvalue weighted by atomic mass is 10.0. The molecule has 2 heterocycles. The Morgan fingerprint density at radius 1 is 1.27 bits per heavy atom. The van der Waals surface area contributed by atoms with Crippen LogP contribution in [-0.4, -0.2) is 46.8 Å². The number of nitrogens with two attached hydrogens (primary N) is 1. The highest BCUT2D eigenvalue weighted by molar-refractivity contribution is 6.31. The predicted octanol–water partition coefficient (Wildman–Crippen LogP) is 4.66. The third-order valence-corrected chi connectivity index (χ3v) is 4.79. The summed E-state index contributed by atoms with van der Waals surface area (Å²) in [5, 5.41) is 3.95. The number of anilines is 1. The zero-order chi connectivity index (χ0) is 22.3. The zero-order valence-corrected chi connectivity index (χ0v) is 17.6. The summed E-state index contributed by atoms with van der Waals surface area (Å²) in [6, 6.07) is 4.73. The van der Waals surface area contributed by atoms with Gasteiger partial charge in [-0.1, -0.05) is 11.6 Å². The van der Waals surface area contributed by atoms with E-state index in [1.165, 1.54) is 17.0 Å². The molecule has 0 radical (unpaired) electrons. The number of hydrogen-bond donors (Lipinski definition) is 2. The van der Waals surface area contributed by atoms with Gasteiger partial charge in [-0.3, -0.25) is 0 Å². The number of nitrogens with zero attached hydrogens (tertiary/aromatic N) is 2. The molecule has 3 N–H and O–H groups in total. The van der Waals surface area contributed by atoms with Crippen molar-refractivity contribution in [1.82, 2.24) is 9.88 Å². The number of likely N-dealkylation sites (tertiary alicyclic amines) is 1. The van der Waals surface area contributed by atoms with Crippen LogP contribution in [0.2, 0.25) is 5.02 Å². The molecule has 164 valence electrons. The summed E-state index contributed by atoms with van der Waals surface area (Å²) in [6.07, 6.45) is -4.64. The number of hydrogen-bond acceptors (Lipinski definition) is 5. The summed E-state index contributed by atoms with van der Waals surface area (Å²) in [4.78, 5) is 17.6. The van der Waals surface area contributed by atoms with Gasteiger partial charge in [-0.25, -0.2) is 9.78 Å². The maximum absolute atomic E-state index is 13.3. The maximum atomic E-state index is 13.3. The number of piperidine rings is 1. The summed E-state index contributed by atoms with van der Waals surface area (Å²) < 4.78 is 45.4. The van der Waals surface area contributed by atoms with E-state index in [0.29, 0.717) is 23.4 Å². The molecule has 0 saturated carbocycles. The number of aromatic nitrogens is 1. The van der Waals surface area contributed by atoms with Crippen molar-refractivity contribution in [3.05, 3.63) is 35.0 Å². The van der Waals surface area contributed by atoms with Gasteiger partial charge in [0.1, 0.15) is 11.3 Å².